The maximum absolute atomic E-state index is 12.4. The van der Waals surface area contributed by atoms with Crippen molar-refractivity contribution in [2.75, 3.05) is 5.01 Å². The molecule has 0 aliphatic carbocycles. The van der Waals surface area contributed by atoms with E-state index < -0.39 is 5.91 Å². The van der Waals surface area contributed by atoms with Crippen LogP contribution in [0, 0.1) is 0 Å². The van der Waals surface area contributed by atoms with Crippen molar-refractivity contribution < 1.29 is 4.79 Å². The molecule has 0 aliphatic rings. The molecule has 24 heavy (non-hydrogen) atoms. The molecule has 2 N–H and O–H groups in total. The number of hydrogen-bond acceptors (Lipinski definition) is 4. The first-order valence-electron chi connectivity index (χ1n) is 7.45. The van der Waals surface area contributed by atoms with E-state index in [1.807, 2.05) is 60.7 Å². The minimum Gasteiger partial charge on any atom is -0.281 e. The monoisotopic (exact) mass is 320 g/mol. The van der Waals surface area contributed by atoms with E-state index in [-0.39, 0.29) is 11.3 Å². The third-order valence-corrected chi connectivity index (χ3v) is 3.40. The second kappa shape index (κ2) is 7.23. The van der Waals surface area contributed by atoms with Crippen LogP contribution in [0.1, 0.15) is 16.1 Å². The first-order chi connectivity index (χ1) is 11.7. The molecule has 0 fully saturated rings. The zero-order valence-electron chi connectivity index (χ0n) is 12.8. The van der Waals surface area contributed by atoms with Crippen LogP contribution in [-0.2, 0) is 6.54 Å². The van der Waals surface area contributed by atoms with Gasteiger partial charge in [0.1, 0.15) is 0 Å². The highest BCUT2D eigenvalue weighted by molar-refractivity contribution is 5.93. The fourth-order valence-corrected chi connectivity index (χ4v) is 2.22. The molecule has 0 bridgehead atoms. The van der Waals surface area contributed by atoms with E-state index in [4.69, 9.17) is 0 Å². The number of rotatable bonds is 5. The van der Waals surface area contributed by atoms with E-state index in [1.54, 1.807) is 5.01 Å². The summed E-state index contributed by atoms with van der Waals surface area (Å²) in [5.74, 6) is -0.397. The lowest BCUT2D eigenvalue weighted by atomic mass is 10.2. The van der Waals surface area contributed by atoms with Crippen LogP contribution in [0.15, 0.2) is 77.6 Å². The molecule has 6 heteroatoms. The van der Waals surface area contributed by atoms with Gasteiger partial charge in [-0.05, 0) is 23.8 Å². The average molecular weight is 320 g/mol. The molecular weight excluding hydrogens is 304 g/mol. The van der Waals surface area contributed by atoms with Crippen molar-refractivity contribution in [3.8, 4) is 0 Å². The summed E-state index contributed by atoms with van der Waals surface area (Å²) < 4.78 is 0. The number of amides is 1. The summed E-state index contributed by atoms with van der Waals surface area (Å²) in [7, 11) is 0. The molecule has 0 radical (unpaired) electrons. The van der Waals surface area contributed by atoms with Gasteiger partial charge in [0, 0.05) is 6.07 Å². The minimum absolute atomic E-state index is 0.142. The van der Waals surface area contributed by atoms with Crippen molar-refractivity contribution in [1.82, 2.24) is 15.6 Å². The number of para-hydroxylation sites is 1. The second-order valence-corrected chi connectivity index (χ2v) is 5.15. The summed E-state index contributed by atoms with van der Waals surface area (Å²) in [6.45, 7) is 0.500. The maximum Gasteiger partial charge on any atom is 0.290 e. The van der Waals surface area contributed by atoms with E-state index in [0.29, 0.717) is 6.54 Å². The fourth-order valence-electron chi connectivity index (χ4n) is 2.22. The summed E-state index contributed by atoms with van der Waals surface area (Å²) in [6, 6.07) is 22.0. The smallest absolute Gasteiger partial charge is 0.281 e. The highest BCUT2D eigenvalue weighted by atomic mass is 16.2. The van der Waals surface area contributed by atoms with Crippen LogP contribution in [0.3, 0.4) is 0 Å². The number of carbonyl (C=O) groups is 1. The van der Waals surface area contributed by atoms with Crippen LogP contribution in [0.2, 0.25) is 0 Å². The van der Waals surface area contributed by atoms with E-state index in [2.05, 4.69) is 15.6 Å². The van der Waals surface area contributed by atoms with Crippen molar-refractivity contribution in [2.24, 2.45) is 0 Å². The van der Waals surface area contributed by atoms with Gasteiger partial charge in [0.15, 0.2) is 5.69 Å². The Hall–Kier alpha value is -3.41. The molecule has 1 heterocycles. The van der Waals surface area contributed by atoms with Crippen LogP contribution >= 0.6 is 0 Å². The number of carbonyl (C=O) groups excluding carboxylic acids is 1. The topological polar surface area (TPSA) is 78.1 Å². The van der Waals surface area contributed by atoms with Crippen LogP contribution < -0.4 is 16.0 Å². The normalized spacial score (nSPS) is 10.2. The second-order valence-electron chi connectivity index (χ2n) is 5.15. The molecule has 0 unspecified atom stereocenters. The maximum atomic E-state index is 12.4. The summed E-state index contributed by atoms with van der Waals surface area (Å²) in [4.78, 5) is 23.5. The van der Waals surface area contributed by atoms with Crippen LogP contribution in [-0.4, -0.2) is 16.1 Å². The van der Waals surface area contributed by atoms with Crippen molar-refractivity contribution in [1.29, 1.82) is 0 Å². The number of nitrogens with one attached hydrogen (secondary N) is 2. The van der Waals surface area contributed by atoms with Crippen LogP contribution in [0.5, 0.6) is 0 Å². The number of H-pyrrole nitrogens is 1. The van der Waals surface area contributed by atoms with Gasteiger partial charge in [-0.3, -0.25) is 20.0 Å². The zero-order chi connectivity index (χ0) is 16.8. The Morgan fingerprint density at radius 3 is 2.25 bits per heavy atom. The fraction of sp³-hybridized carbons (Fsp3) is 0.0556. The number of anilines is 1. The van der Waals surface area contributed by atoms with Gasteiger partial charge in [-0.25, -0.2) is 5.10 Å². The van der Waals surface area contributed by atoms with E-state index in [9.17, 15) is 9.59 Å². The van der Waals surface area contributed by atoms with Gasteiger partial charge >= 0.3 is 0 Å². The lowest BCUT2D eigenvalue weighted by Crippen LogP contribution is -2.42. The predicted molar refractivity (Wildman–Crippen MR) is 91.4 cm³/mol. The molecule has 1 aromatic heterocycles. The number of aromatic amines is 1. The molecule has 0 aliphatic heterocycles. The highest BCUT2D eigenvalue weighted by Gasteiger charge is 2.14. The van der Waals surface area contributed by atoms with Crippen molar-refractivity contribution in [3.63, 3.8) is 0 Å². The van der Waals surface area contributed by atoms with Crippen molar-refractivity contribution in [3.05, 3.63) is 94.4 Å². The molecule has 1 amide bonds. The van der Waals surface area contributed by atoms with Gasteiger partial charge < -0.3 is 0 Å². The molecule has 0 saturated carbocycles. The van der Waals surface area contributed by atoms with Gasteiger partial charge in [0.05, 0.1) is 12.2 Å². The Labute approximate surface area is 138 Å². The summed E-state index contributed by atoms with van der Waals surface area (Å²) in [5, 5.41) is 7.75. The Kier molecular flexibility index (Phi) is 4.67. The van der Waals surface area contributed by atoms with E-state index in [0.717, 1.165) is 11.3 Å². The quantitative estimate of drug-likeness (QED) is 0.706. The molecule has 120 valence electrons. The molecule has 0 spiro atoms. The van der Waals surface area contributed by atoms with Gasteiger partial charge in [-0.1, -0.05) is 48.5 Å². The third kappa shape index (κ3) is 3.86. The summed E-state index contributed by atoms with van der Waals surface area (Å²) in [6.07, 6.45) is 0. The number of hydrogen-bond donors (Lipinski definition) is 2. The van der Waals surface area contributed by atoms with Crippen LogP contribution in [0.25, 0.3) is 0 Å². The molecular formula is C18H16N4O2. The van der Waals surface area contributed by atoms with Crippen molar-refractivity contribution >= 4 is 11.6 Å². The first kappa shape index (κ1) is 15.5. The molecule has 2 aromatic carbocycles. The molecule has 0 saturated heterocycles. The molecule has 3 aromatic rings. The minimum atomic E-state index is -0.397. The van der Waals surface area contributed by atoms with Gasteiger partial charge in [-0.2, -0.15) is 5.10 Å². The lowest BCUT2D eigenvalue weighted by Gasteiger charge is -2.25. The molecule has 0 atom stereocenters. The number of benzene rings is 2. The highest BCUT2D eigenvalue weighted by Crippen LogP contribution is 2.15. The number of hydrazine groups is 1. The Morgan fingerprint density at radius 1 is 0.958 bits per heavy atom. The standard InChI is InChI=1S/C18H16N4O2/c23-17-12-11-16(19-20-17)18(24)21-22(15-9-5-2-6-10-15)13-14-7-3-1-4-8-14/h1-12H,13H2,(H,20,23)(H,21,24). The molecule has 3 rings (SSSR count). The SMILES string of the molecule is O=C(NN(Cc1ccccc1)c1ccccc1)c1ccc(=O)[nH]n1. The first-order valence-corrected chi connectivity index (χ1v) is 7.45. The largest absolute Gasteiger partial charge is 0.290 e. The van der Waals surface area contributed by atoms with E-state index >= 15 is 0 Å². The Morgan fingerprint density at radius 2 is 1.62 bits per heavy atom. The van der Waals surface area contributed by atoms with Gasteiger partial charge in [-0.15, -0.1) is 0 Å². The Bertz CT molecular complexity index is 842. The summed E-state index contributed by atoms with van der Waals surface area (Å²) >= 11 is 0. The average Bonchev–Trinajstić information content (AvgIpc) is 2.63. The summed E-state index contributed by atoms with van der Waals surface area (Å²) in [5.41, 5.74) is 4.52. The number of nitrogens with zero attached hydrogens (tertiary/aromatic N) is 2. The van der Waals surface area contributed by atoms with Gasteiger partial charge in [0.2, 0.25) is 0 Å². The zero-order valence-corrected chi connectivity index (χ0v) is 12.8. The molecule has 6 nitrogen and oxygen atoms in total. The van der Waals surface area contributed by atoms with Gasteiger partial charge in [0.25, 0.3) is 11.5 Å². The van der Waals surface area contributed by atoms with Crippen LogP contribution in [0.4, 0.5) is 5.69 Å². The Balaban J connectivity index is 1.83. The van der Waals surface area contributed by atoms with E-state index in [1.165, 1.54) is 12.1 Å². The number of aromatic nitrogens is 2. The third-order valence-electron chi connectivity index (χ3n) is 3.40. The predicted octanol–water partition coefficient (Wildman–Crippen LogP) is 2.12. The van der Waals surface area contributed by atoms with Crippen molar-refractivity contribution in [2.45, 2.75) is 6.54 Å². The lowest BCUT2D eigenvalue weighted by molar-refractivity contribution is 0.0942.